The Kier molecular flexibility index (Phi) is 6.90. The van der Waals surface area contributed by atoms with E-state index in [4.69, 9.17) is 4.52 Å². The number of thioether (sulfide) groups is 1. The number of nitrogens with zero attached hydrogens (tertiary/aromatic N) is 3. The summed E-state index contributed by atoms with van der Waals surface area (Å²) in [5, 5.41) is 7.59. The number of rotatable bonds is 7. The van der Waals surface area contributed by atoms with Gasteiger partial charge in [0.05, 0.1) is 11.3 Å². The molecule has 0 unspecified atom stereocenters. The number of pyridine rings is 1. The average Bonchev–Trinajstić information content (AvgIpc) is 3.46. The molecular formula is C24H26N4O3S. The zero-order valence-electron chi connectivity index (χ0n) is 18.3. The maximum absolute atomic E-state index is 12.9. The topological polar surface area (TPSA) is 88.3 Å². The molecule has 4 rings (SSSR count). The number of benzene rings is 1. The van der Waals surface area contributed by atoms with Crippen LogP contribution in [0.3, 0.4) is 0 Å². The summed E-state index contributed by atoms with van der Waals surface area (Å²) in [5.74, 6) is 1.26. The van der Waals surface area contributed by atoms with Crippen molar-refractivity contribution in [3.63, 3.8) is 0 Å². The molecule has 0 saturated carbocycles. The monoisotopic (exact) mass is 450 g/mol. The van der Waals surface area contributed by atoms with Crippen LogP contribution >= 0.6 is 11.8 Å². The van der Waals surface area contributed by atoms with E-state index in [9.17, 15) is 9.59 Å². The minimum absolute atomic E-state index is 0.0564. The van der Waals surface area contributed by atoms with Crippen LogP contribution in [0.1, 0.15) is 56.1 Å². The van der Waals surface area contributed by atoms with Crippen molar-refractivity contribution in [2.24, 2.45) is 0 Å². The zero-order chi connectivity index (χ0) is 22.5. The number of hydrogen-bond donors (Lipinski definition) is 1. The summed E-state index contributed by atoms with van der Waals surface area (Å²) in [6, 6.07) is 11.0. The number of carbonyl (C=O) groups is 2. The highest BCUT2D eigenvalue weighted by molar-refractivity contribution is 7.98. The van der Waals surface area contributed by atoms with Crippen LogP contribution in [0.2, 0.25) is 0 Å². The van der Waals surface area contributed by atoms with E-state index in [2.05, 4.69) is 15.5 Å². The summed E-state index contributed by atoms with van der Waals surface area (Å²) in [4.78, 5) is 31.8. The van der Waals surface area contributed by atoms with E-state index in [1.54, 1.807) is 18.3 Å². The van der Waals surface area contributed by atoms with E-state index < -0.39 is 0 Å². The molecule has 166 valence electrons. The summed E-state index contributed by atoms with van der Waals surface area (Å²) in [6.45, 7) is 5.75. The SMILES string of the molecule is Cc1noc(C)c1CSc1ncccc1C(=O)NCc1cccc(C(=O)N2CCCC2)c1. The maximum atomic E-state index is 12.9. The van der Waals surface area contributed by atoms with E-state index in [0.717, 1.165) is 48.5 Å². The van der Waals surface area contributed by atoms with Crippen molar-refractivity contribution in [2.45, 2.75) is 44.0 Å². The van der Waals surface area contributed by atoms with E-state index in [-0.39, 0.29) is 11.8 Å². The summed E-state index contributed by atoms with van der Waals surface area (Å²) in [7, 11) is 0. The van der Waals surface area contributed by atoms with Crippen LogP contribution in [0.25, 0.3) is 0 Å². The molecule has 3 heterocycles. The van der Waals surface area contributed by atoms with E-state index in [0.29, 0.717) is 28.5 Å². The lowest BCUT2D eigenvalue weighted by molar-refractivity contribution is 0.0792. The molecule has 32 heavy (non-hydrogen) atoms. The second-order valence-corrected chi connectivity index (χ2v) is 8.79. The standard InChI is InChI=1S/C24H26N4O3S/c1-16-21(17(2)31-27-16)15-32-23-20(9-6-10-25-23)22(29)26-14-18-7-5-8-19(13-18)24(30)28-11-3-4-12-28/h5-10,13H,3-4,11-12,14-15H2,1-2H3,(H,26,29). The smallest absolute Gasteiger partial charge is 0.254 e. The van der Waals surface area contributed by atoms with Crippen LogP contribution < -0.4 is 5.32 Å². The maximum Gasteiger partial charge on any atom is 0.254 e. The van der Waals surface area contributed by atoms with E-state index >= 15 is 0 Å². The molecule has 0 spiro atoms. The number of likely N-dealkylation sites (tertiary alicyclic amines) is 1. The molecule has 1 aromatic carbocycles. The lowest BCUT2D eigenvalue weighted by Crippen LogP contribution is -2.28. The number of nitrogens with one attached hydrogen (secondary N) is 1. The molecule has 0 bridgehead atoms. The first-order valence-corrected chi connectivity index (χ1v) is 11.7. The first-order valence-electron chi connectivity index (χ1n) is 10.7. The fraction of sp³-hybridized carbons (Fsp3) is 0.333. The van der Waals surface area contributed by atoms with Gasteiger partial charge in [-0.3, -0.25) is 9.59 Å². The van der Waals surface area contributed by atoms with Gasteiger partial charge in [-0.1, -0.05) is 17.3 Å². The Morgan fingerprint density at radius 3 is 2.72 bits per heavy atom. The fourth-order valence-corrected chi connectivity index (χ4v) is 4.87. The largest absolute Gasteiger partial charge is 0.361 e. The number of amides is 2. The lowest BCUT2D eigenvalue weighted by atomic mass is 10.1. The molecule has 1 aliphatic heterocycles. The third-order valence-electron chi connectivity index (χ3n) is 5.57. The van der Waals surface area contributed by atoms with Crippen molar-refractivity contribution in [1.82, 2.24) is 20.4 Å². The van der Waals surface area contributed by atoms with Gasteiger partial charge < -0.3 is 14.7 Å². The van der Waals surface area contributed by atoms with E-state index in [1.165, 1.54) is 11.8 Å². The fourth-order valence-electron chi connectivity index (χ4n) is 3.72. The number of aryl methyl sites for hydroxylation is 2. The van der Waals surface area contributed by atoms with Crippen LogP contribution in [-0.2, 0) is 12.3 Å². The van der Waals surface area contributed by atoms with Crippen LogP contribution in [0, 0.1) is 13.8 Å². The Labute approximate surface area is 191 Å². The van der Waals surface area contributed by atoms with Crippen LogP contribution in [0.15, 0.2) is 52.1 Å². The lowest BCUT2D eigenvalue weighted by Gasteiger charge is -2.16. The van der Waals surface area contributed by atoms with Crippen molar-refractivity contribution in [3.05, 3.63) is 76.3 Å². The van der Waals surface area contributed by atoms with Crippen molar-refractivity contribution in [2.75, 3.05) is 13.1 Å². The first kappa shape index (κ1) is 22.1. The Hall–Kier alpha value is -3.13. The molecule has 2 amide bonds. The average molecular weight is 451 g/mol. The number of hydrogen-bond acceptors (Lipinski definition) is 6. The summed E-state index contributed by atoms with van der Waals surface area (Å²) in [5.41, 5.74) is 3.94. The molecule has 1 N–H and O–H groups in total. The molecule has 0 atom stereocenters. The quantitative estimate of drug-likeness (QED) is 0.544. The molecule has 8 heteroatoms. The van der Waals surface area contributed by atoms with Gasteiger partial charge >= 0.3 is 0 Å². The molecule has 1 saturated heterocycles. The van der Waals surface area contributed by atoms with Gasteiger partial charge in [0.1, 0.15) is 10.8 Å². The second kappa shape index (κ2) is 9.99. The van der Waals surface area contributed by atoms with Gasteiger partial charge in [-0.2, -0.15) is 0 Å². The second-order valence-electron chi connectivity index (χ2n) is 7.83. The third kappa shape index (κ3) is 5.02. The van der Waals surface area contributed by atoms with Crippen LogP contribution in [0.4, 0.5) is 0 Å². The molecule has 1 fully saturated rings. The number of carbonyl (C=O) groups excluding carboxylic acids is 2. The van der Waals surface area contributed by atoms with Gasteiger partial charge in [0.15, 0.2) is 0 Å². The van der Waals surface area contributed by atoms with Gasteiger partial charge in [-0.05, 0) is 56.5 Å². The predicted molar refractivity (Wildman–Crippen MR) is 123 cm³/mol. The van der Waals surface area contributed by atoms with Gasteiger partial charge in [0.25, 0.3) is 11.8 Å². The summed E-state index contributed by atoms with van der Waals surface area (Å²) >= 11 is 1.48. The zero-order valence-corrected chi connectivity index (χ0v) is 19.1. The Morgan fingerprint density at radius 1 is 1.16 bits per heavy atom. The summed E-state index contributed by atoms with van der Waals surface area (Å²) in [6.07, 6.45) is 3.80. The van der Waals surface area contributed by atoms with Crippen molar-refractivity contribution >= 4 is 23.6 Å². The van der Waals surface area contributed by atoms with E-state index in [1.807, 2.05) is 43.0 Å². The highest BCUT2D eigenvalue weighted by atomic mass is 32.2. The van der Waals surface area contributed by atoms with Crippen molar-refractivity contribution < 1.29 is 14.1 Å². The van der Waals surface area contributed by atoms with Gasteiger partial charge in [-0.25, -0.2) is 4.98 Å². The minimum Gasteiger partial charge on any atom is -0.361 e. The normalized spacial score (nSPS) is 13.4. The number of aromatic nitrogens is 2. The van der Waals surface area contributed by atoms with Crippen LogP contribution in [0.5, 0.6) is 0 Å². The van der Waals surface area contributed by atoms with Crippen molar-refractivity contribution in [1.29, 1.82) is 0 Å². The van der Waals surface area contributed by atoms with Gasteiger partial charge in [0, 0.05) is 42.7 Å². The molecule has 7 nitrogen and oxygen atoms in total. The first-order chi connectivity index (χ1) is 15.5. The van der Waals surface area contributed by atoms with Crippen LogP contribution in [-0.4, -0.2) is 39.9 Å². The van der Waals surface area contributed by atoms with Crippen molar-refractivity contribution in [3.8, 4) is 0 Å². The third-order valence-corrected chi connectivity index (χ3v) is 6.60. The molecule has 0 aliphatic carbocycles. The highest BCUT2D eigenvalue weighted by Crippen LogP contribution is 2.27. The molecular weight excluding hydrogens is 424 g/mol. The molecule has 0 radical (unpaired) electrons. The Balaban J connectivity index is 1.40. The van der Waals surface area contributed by atoms with Gasteiger partial charge in [-0.15, -0.1) is 11.8 Å². The highest BCUT2D eigenvalue weighted by Gasteiger charge is 2.20. The van der Waals surface area contributed by atoms with Gasteiger partial charge in [0.2, 0.25) is 0 Å². The molecule has 3 aromatic rings. The molecule has 2 aromatic heterocycles. The molecule has 1 aliphatic rings. The predicted octanol–water partition coefficient (Wildman–Crippen LogP) is 4.14. The minimum atomic E-state index is -0.198. The Morgan fingerprint density at radius 2 is 1.97 bits per heavy atom. The summed E-state index contributed by atoms with van der Waals surface area (Å²) < 4.78 is 5.22. The Bertz CT molecular complexity index is 1100.